The lowest BCUT2D eigenvalue weighted by Gasteiger charge is -2.18. The molecule has 1 nitrogen and oxygen atoms in total. The van der Waals surface area contributed by atoms with E-state index in [0.717, 1.165) is 12.2 Å². The molecule has 0 aliphatic carbocycles. The van der Waals surface area contributed by atoms with E-state index in [1.54, 1.807) is 18.7 Å². The van der Waals surface area contributed by atoms with Crippen LogP contribution in [0.25, 0.3) is 0 Å². The van der Waals surface area contributed by atoms with Crippen LogP contribution in [0, 0.1) is 5.92 Å². The van der Waals surface area contributed by atoms with Gasteiger partial charge in [-0.1, -0.05) is 27.2 Å². The van der Waals surface area contributed by atoms with Crippen LogP contribution in [-0.2, 0) is 4.79 Å². The lowest BCUT2D eigenvalue weighted by molar-refractivity contribution is -0.117. The second-order valence-corrected chi connectivity index (χ2v) is 4.29. The van der Waals surface area contributed by atoms with Crippen molar-refractivity contribution in [1.29, 1.82) is 0 Å². The van der Waals surface area contributed by atoms with Gasteiger partial charge in [0.15, 0.2) is 0 Å². The molecule has 0 amide bonds. The fourth-order valence-corrected chi connectivity index (χ4v) is 2.19. The Hall–Kier alpha value is 0.0200. The summed E-state index contributed by atoms with van der Waals surface area (Å²) in [6, 6.07) is 0. The molecule has 0 saturated heterocycles. The van der Waals surface area contributed by atoms with Crippen molar-refractivity contribution in [3.05, 3.63) is 0 Å². The molecule has 0 saturated carbocycles. The highest BCUT2D eigenvalue weighted by atomic mass is 32.2. The summed E-state index contributed by atoms with van der Waals surface area (Å²) in [5.74, 6) is 1.89. The van der Waals surface area contributed by atoms with Gasteiger partial charge in [0.1, 0.15) is 5.78 Å². The van der Waals surface area contributed by atoms with Gasteiger partial charge in [0, 0.05) is 0 Å². The summed E-state index contributed by atoms with van der Waals surface area (Å²) in [6.07, 6.45) is 1.09. The summed E-state index contributed by atoms with van der Waals surface area (Å²) in [7, 11) is 0. The molecule has 0 aromatic heterocycles. The minimum atomic E-state index is 0.227. The summed E-state index contributed by atoms with van der Waals surface area (Å²) in [5, 5.41) is 0.227. The van der Waals surface area contributed by atoms with Crippen LogP contribution in [0.15, 0.2) is 0 Å². The van der Waals surface area contributed by atoms with E-state index in [9.17, 15) is 4.79 Å². The van der Waals surface area contributed by atoms with Gasteiger partial charge >= 0.3 is 0 Å². The van der Waals surface area contributed by atoms with Gasteiger partial charge in [-0.15, -0.1) is 0 Å². The molecule has 0 aliphatic heterocycles. The molecule has 0 aromatic carbocycles. The number of thioether (sulfide) groups is 1. The molecule has 0 bridgehead atoms. The number of hydrogen-bond donors (Lipinski definition) is 0. The molecule has 0 radical (unpaired) electrons. The molecule has 2 heteroatoms. The van der Waals surface area contributed by atoms with E-state index in [-0.39, 0.29) is 5.25 Å². The van der Waals surface area contributed by atoms with Crippen molar-refractivity contribution in [2.75, 3.05) is 5.75 Å². The maximum absolute atomic E-state index is 11.1. The summed E-state index contributed by atoms with van der Waals surface area (Å²) >= 11 is 1.77. The van der Waals surface area contributed by atoms with Gasteiger partial charge in [-0.25, -0.2) is 0 Å². The van der Waals surface area contributed by atoms with Gasteiger partial charge in [0.05, 0.1) is 5.25 Å². The Kier molecular flexibility index (Phi) is 5.65. The normalized spacial score (nSPS) is 16.0. The van der Waals surface area contributed by atoms with E-state index in [4.69, 9.17) is 0 Å². The van der Waals surface area contributed by atoms with E-state index >= 15 is 0 Å². The first-order valence-corrected chi connectivity index (χ1v) is 5.30. The molecule has 0 spiro atoms. The second-order valence-electron chi connectivity index (χ2n) is 2.87. The van der Waals surface area contributed by atoms with E-state index in [2.05, 4.69) is 20.8 Å². The summed E-state index contributed by atoms with van der Waals surface area (Å²) in [6.45, 7) is 8.08. The van der Waals surface area contributed by atoms with Gasteiger partial charge in [-0.3, -0.25) is 4.79 Å². The van der Waals surface area contributed by atoms with Crippen molar-refractivity contribution >= 4 is 17.5 Å². The molecular weight excluding hydrogens is 156 g/mol. The average Bonchev–Trinajstić information content (AvgIpc) is 1.98. The van der Waals surface area contributed by atoms with Gasteiger partial charge in [0.2, 0.25) is 0 Å². The van der Waals surface area contributed by atoms with Crippen LogP contribution in [0.2, 0.25) is 0 Å². The van der Waals surface area contributed by atoms with E-state index in [1.165, 1.54) is 0 Å². The number of rotatable bonds is 5. The first kappa shape index (κ1) is 11.0. The number of hydrogen-bond acceptors (Lipinski definition) is 2. The number of carbonyl (C=O) groups is 1. The quantitative estimate of drug-likeness (QED) is 0.637. The molecule has 0 fully saturated rings. The number of Topliss-reactive ketones (excluding diaryl/α,β-unsaturated/α-hetero) is 1. The smallest absolute Gasteiger partial charge is 0.143 e. The highest BCUT2D eigenvalue weighted by Gasteiger charge is 2.19. The van der Waals surface area contributed by atoms with Crippen LogP contribution < -0.4 is 0 Å². The highest BCUT2D eigenvalue weighted by Crippen LogP contribution is 2.22. The molecule has 0 heterocycles. The van der Waals surface area contributed by atoms with Crippen molar-refractivity contribution in [2.24, 2.45) is 5.92 Å². The first-order chi connectivity index (χ1) is 5.13. The predicted molar refractivity (Wildman–Crippen MR) is 52.1 cm³/mol. The molecule has 0 aromatic rings. The maximum atomic E-state index is 11.1. The summed E-state index contributed by atoms with van der Waals surface area (Å²) in [5.41, 5.74) is 0. The van der Waals surface area contributed by atoms with Crippen LogP contribution in [0.5, 0.6) is 0 Å². The van der Waals surface area contributed by atoms with E-state index in [0.29, 0.717) is 11.7 Å². The molecule has 0 rings (SSSR count). The van der Waals surface area contributed by atoms with Crippen molar-refractivity contribution in [3.63, 3.8) is 0 Å². The zero-order valence-corrected chi connectivity index (χ0v) is 8.70. The fourth-order valence-electron chi connectivity index (χ4n) is 1.08. The molecule has 66 valence electrons. The topological polar surface area (TPSA) is 17.1 Å². The van der Waals surface area contributed by atoms with Crippen molar-refractivity contribution < 1.29 is 4.79 Å². The van der Waals surface area contributed by atoms with Crippen LogP contribution in [-0.4, -0.2) is 16.8 Å². The minimum absolute atomic E-state index is 0.227. The standard InChI is InChI=1S/C9H18OS/c1-5-7(3)9(8(4)10)11-6-2/h7,9H,5-6H2,1-4H3/t7-,9?/m0/s1. The van der Waals surface area contributed by atoms with Crippen LogP contribution in [0.3, 0.4) is 0 Å². The predicted octanol–water partition coefficient (Wildman–Crippen LogP) is 2.74. The molecule has 1 unspecified atom stereocenters. The molecule has 2 atom stereocenters. The minimum Gasteiger partial charge on any atom is -0.299 e. The monoisotopic (exact) mass is 174 g/mol. The highest BCUT2D eigenvalue weighted by molar-refractivity contribution is 8.00. The van der Waals surface area contributed by atoms with Crippen molar-refractivity contribution in [3.8, 4) is 0 Å². The average molecular weight is 174 g/mol. The molecule has 11 heavy (non-hydrogen) atoms. The first-order valence-electron chi connectivity index (χ1n) is 4.25. The van der Waals surface area contributed by atoms with Crippen LogP contribution in [0.1, 0.15) is 34.1 Å². The lowest BCUT2D eigenvalue weighted by Crippen LogP contribution is -2.22. The van der Waals surface area contributed by atoms with Gasteiger partial charge < -0.3 is 0 Å². The SMILES string of the molecule is CCSC(C(C)=O)[C@@H](C)CC. The third-order valence-corrected chi connectivity index (χ3v) is 3.40. The Morgan fingerprint density at radius 2 is 2.00 bits per heavy atom. The molecule has 0 N–H and O–H groups in total. The van der Waals surface area contributed by atoms with E-state index in [1.807, 2.05) is 0 Å². The third kappa shape index (κ3) is 3.80. The van der Waals surface area contributed by atoms with Crippen LogP contribution in [0.4, 0.5) is 0 Å². The Labute approximate surface area is 73.9 Å². The van der Waals surface area contributed by atoms with E-state index < -0.39 is 0 Å². The molecular formula is C9H18OS. The van der Waals surface area contributed by atoms with Gasteiger partial charge in [-0.2, -0.15) is 11.8 Å². The maximum Gasteiger partial charge on any atom is 0.143 e. The Bertz CT molecular complexity index is 123. The number of ketones is 1. The van der Waals surface area contributed by atoms with Crippen molar-refractivity contribution in [1.82, 2.24) is 0 Å². The Morgan fingerprint density at radius 1 is 1.45 bits per heavy atom. The fraction of sp³-hybridized carbons (Fsp3) is 0.889. The Morgan fingerprint density at radius 3 is 2.27 bits per heavy atom. The lowest BCUT2D eigenvalue weighted by atomic mass is 10.0. The van der Waals surface area contributed by atoms with Crippen molar-refractivity contribution in [2.45, 2.75) is 39.4 Å². The molecule has 0 aliphatic rings. The zero-order valence-electron chi connectivity index (χ0n) is 7.89. The third-order valence-electron chi connectivity index (χ3n) is 1.91. The zero-order chi connectivity index (χ0) is 8.85. The summed E-state index contributed by atoms with van der Waals surface area (Å²) < 4.78 is 0. The van der Waals surface area contributed by atoms with Gasteiger partial charge in [-0.05, 0) is 18.6 Å². The summed E-state index contributed by atoms with van der Waals surface area (Å²) in [4.78, 5) is 11.1. The number of carbonyl (C=O) groups excluding carboxylic acids is 1. The Balaban J connectivity index is 3.97. The van der Waals surface area contributed by atoms with Crippen LogP contribution >= 0.6 is 11.8 Å². The second kappa shape index (κ2) is 5.64. The largest absolute Gasteiger partial charge is 0.299 e. The van der Waals surface area contributed by atoms with Gasteiger partial charge in [0.25, 0.3) is 0 Å².